The van der Waals surface area contributed by atoms with E-state index >= 15 is 0 Å². The fraction of sp³-hybridized carbons (Fsp3) is 0.650. The van der Waals surface area contributed by atoms with Gasteiger partial charge in [-0.3, -0.25) is 4.79 Å². The molecule has 1 saturated heterocycles. The molecule has 4 nitrogen and oxygen atoms in total. The van der Waals surface area contributed by atoms with Gasteiger partial charge in [0.25, 0.3) is 0 Å². The number of aryl methyl sites for hydroxylation is 1. The molecule has 0 spiro atoms. The van der Waals surface area contributed by atoms with Gasteiger partial charge in [0.2, 0.25) is 5.91 Å². The number of amides is 1. The van der Waals surface area contributed by atoms with Crippen molar-refractivity contribution in [3.63, 3.8) is 0 Å². The van der Waals surface area contributed by atoms with Gasteiger partial charge in [0.1, 0.15) is 0 Å². The zero-order chi connectivity index (χ0) is 17.4. The smallest absolute Gasteiger partial charge is 0.224 e. The quantitative estimate of drug-likeness (QED) is 0.779. The molecule has 4 heteroatoms. The van der Waals surface area contributed by atoms with Crippen molar-refractivity contribution in [3.05, 3.63) is 35.9 Å². The molecular weight excluding hydrogens is 298 g/mol. The number of nitrogens with zero attached hydrogens (tertiary/aromatic N) is 2. The summed E-state index contributed by atoms with van der Waals surface area (Å²) in [5.74, 6) is 0.370. The first-order valence-corrected chi connectivity index (χ1v) is 9.23. The summed E-state index contributed by atoms with van der Waals surface area (Å²) in [5, 5.41) is 3.15. The van der Waals surface area contributed by atoms with Gasteiger partial charge in [0.15, 0.2) is 0 Å². The third kappa shape index (κ3) is 6.25. The van der Waals surface area contributed by atoms with E-state index in [2.05, 4.69) is 60.5 Å². The van der Waals surface area contributed by atoms with Crippen molar-refractivity contribution in [2.24, 2.45) is 5.92 Å². The molecule has 0 saturated carbocycles. The SMILES string of the molecule is CN1C[C@H](C(=O)NCCCCc2ccccc2)CC[C@H](N(C)C)C1. The molecule has 1 amide bonds. The first-order chi connectivity index (χ1) is 11.6. The maximum Gasteiger partial charge on any atom is 0.224 e. The monoisotopic (exact) mass is 331 g/mol. The normalized spacial score (nSPS) is 22.3. The number of unbranched alkanes of at least 4 members (excludes halogenated alkanes) is 1. The van der Waals surface area contributed by atoms with E-state index in [1.54, 1.807) is 0 Å². The van der Waals surface area contributed by atoms with Crippen LogP contribution in [-0.4, -0.2) is 62.5 Å². The van der Waals surface area contributed by atoms with E-state index in [4.69, 9.17) is 0 Å². The molecule has 0 aromatic heterocycles. The molecule has 0 radical (unpaired) electrons. The van der Waals surface area contributed by atoms with Crippen molar-refractivity contribution in [1.29, 1.82) is 0 Å². The van der Waals surface area contributed by atoms with Crippen LogP contribution >= 0.6 is 0 Å². The lowest BCUT2D eigenvalue weighted by atomic mass is 10.0. The Morgan fingerprint density at radius 1 is 1.17 bits per heavy atom. The summed E-state index contributed by atoms with van der Waals surface area (Å²) in [7, 11) is 6.39. The van der Waals surface area contributed by atoms with E-state index in [9.17, 15) is 4.79 Å². The molecular formula is C20H33N3O. The molecule has 1 aromatic rings. The zero-order valence-corrected chi connectivity index (χ0v) is 15.5. The Kier molecular flexibility index (Phi) is 7.73. The summed E-state index contributed by atoms with van der Waals surface area (Å²) in [6.45, 7) is 2.72. The van der Waals surface area contributed by atoms with Crippen molar-refractivity contribution in [2.45, 2.75) is 38.1 Å². The van der Waals surface area contributed by atoms with Crippen LogP contribution in [0.4, 0.5) is 0 Å². The Labute approximate surface area is 147 Å². The summed E-state index contributed by atoms with van der Waals surface area (Å²) in [6, 6.07) is 11.1. The number of nitrogens with one attached hydrogen (secondary N) is 1. The van der Waals surface area contributed by atoms with Crippen LogP contribution in [-0.2, 0) is 11.2 Å². The van der Waals surface area contributed by atoms with Gasteiger partial charge in [-0.05, 0) is 58.8 Å². The minimum atomic E-state index is 0.133. The van der Waals surface area contributed by atoms with Crippen molar-refractivity contribution in [3.8, 4) is 0 Å². The molecule has 1 aliphatic rings. The number of likely N-dealkylation sites (tertiary alicyclic amines) is 1. The molecule has 1 heterocycles. The van der Waals surface area contributed by atoms with Crippen LogP contribution in [0.5, 0.6) is 0 Å². The Hall–Kier alpha value is -1.39. The van der Waals surface area contributed by atoms with E-state index in [1.807, 2.05) is 6.07 Å². The Balaban J connectivity index is 1.66. The zero-order valence-electron chi connectivity index (χ0n) is 15.5. The van der Waals surface area contributed by atoms with Crippen LogP contribution in [0.15, 0.2) is 30.3 Å². The van der Waals surface area contributed by atoms with E-state index < -0.39 is 0 Å². The highest BCUT2D eigenvalue weighted by molar-refractivity contribution is 5.78. The standard InChI is InChI=1S/C20H33N3O/c1-22(2)19-13-12-18(15-23(3)16-19)20(24)21-14-8-7-11-17-9-5-4-6-10-17/h4-6,9-10,18-19H,7-8,11-16H2,1-3H3,(H,21,24)/t18-,19+/m1/s1. The lowest BCUT2D eigenvalue weighted by Gasteiger charge is -2.25. The molecule has 1 fully saturated rings. The summed E-state index contributed by atoms with van der Waals surface area (Å²) >= 11 is 0. The molecule has 0 unspecified atom stereocenters. The average molecular weight is 332 g/mol. The highest BCUT2D eigenvalue weighted by Crippen LogP contribution is 2.18. The summed E-state index contributed by atoms with van der Waals surface area (Å²) in [5.41, 5.74) is 1.38. The molecule has 1 N–H and O–H groups in total. The van der Waals surface area contributed by atoms with E-state index in [0.717, 1.165) is 51.7 Å². The van der Waals surface area contributed by atoms with Crippen molar-refractivity contribution in [2.75, 3.05) is 40.8 Å². The Morgan fingerprint density at radius 2 is 1.92 bits per heavy atom. The Morgan fingerprint density at radius 3 is 2.62 bits per heavy atom. The third-order valence-corrected chi connectivity index (χ3v) is 5.04. The fourth-order valence-electron chi connectivity index (χ4n) is 3.48. The molecule has 0 bridgehead atoms. The second kappa shape index (κ2) is 9.80. The predicted molar refractivity (Wildman–Crippen MR) is 100 cm³/mol. The number of carbonyl (C=O) groups is 1. The number of rotatable bonds is 7. The second-order valence-electron chi connectivity index (χ2n) is 7.35. The number of benzene rings is 1. The van der Waals surface area contributed by atoms with Gasteiger partial charge in [-0.15, -0.1) is 0 Å². The van der Waals surface area contributed by atoms with E-state index in [-0.39, 0.29) is 11.8 Å². The van der Waals surface area contributed by atoms with Crippen LogP contribution in [0, 0.1) is 5.92 Å². The number of likely N-dealkylation sites (N-methyl/N-ethyl adjacent to an activating group) is 2. The number of hydrogen-bond acceptors (Lipinski definition) is 3. The lowest BCUT2D eigenvalue weighted by molar-refractivity contribution is -0.125. The van der Waals surface area contributed by atoms with Gasteiger partial charge < -0.3 is 15.1 Å². The first kappa shape index (κ1) is 18.9. The molecule has 2 rings (SSSR count). The van der Waals surface area contributed by atoms with Crippen molar-refractivity contribution >= 4 is 5.91 Å². The van der Waals surface area contributed by atoms with Crippen LogP contribution in [0.1, 0.15) is 31.2 Å². The van der Waals surface area contributed by atoms with Gasteiger partial charge in [0.05, 0.1) is 5.92 Å². The van der Waals surface area contributed by atoms with Crippen LogP contribution in [0.25, 0.3) is 0 Å². The molecule has 0 aliphatic carbocycles. The van der Waals surface area contributed by atoms with Gasteiger partial charge in [-0.1, -0.05) is 30.3 Å². The van der Waals surface area contributed by atoms with Gasteiger partial charge in [-0.2, -0.15) is 0 Å². The minimum absolute atomic E-state index is 0.133. The highest BCUT2D eigenvalue weighted by atomic mass is 16.1. The maximum atomic E-state index is 12.5. The van der Waals surface area contributed by atoms with Crippen molar-refractivity contribution < 1.29 is 4.79 Å². The van der Waals surface area contributed by atoms with E-state index in [0.29, 0.717) is 6.04 Å². The largest absolute Gasteiger partial charge is 0.356 e. The second-order valence-corrected chi connectivity index (χ2v) is 7.35. The van der Waals surface area contributed by atoms with Crippen LogP contribution < -0.4 is 5.32 Å². The average Bonchev–Trinajstić information content (AvgIpc) is 2.77. The Bertz CT molecular complexity index is 489. The summed E-state index contributed by atoms with van der Waals surface area (Å²) in [4.78, 5) is 17.0. The van der Waals surface area contributed by atoms with Crippen LogP contribution in [0.3, 0.4) is 0 Å². The van der Waals surface area contributed by atoms with E-state index in [1.165, 1.54) is 5.56 Å². The topological polar surface area (TPSA) is 35.6 Å². The van der Waals surface area contributed by atoms with Gasteiger partial charge in [0, 0.05) is 25.7 Å². The van der Waals surface area contributed by atoms with Crippen molar-refractivity contribution in [1.82, 2.24) is 15.1 Å². The first-order valence-electron chi connectivity index (χ1n) is 9.23. The highest BCUT2D eigenvalue weighted by Gasteiger charge is 2.27. The minimum Gasteiger partial charge on any atom is -0.356 e. The molecule has 1 aromatic carbocycles. The van der Waals surface area contributed by atoms with Crippen LogP contribution in [0.2, 0.25) is 0 Å². The summed E-state index contributed by atoms with van der Waals surface area (Å²) in [6.07, 6.45) is 5.35. The number of hydrogen-bond donors (Lipinski definition) is 1. The van der Waals surface area contributed by atoms with Gasteiger partial charge >= 0.3 is 0 Å². The lowest BCUT2D eigenvalue weighted by Crippen LogP contribution is -2.39. The fourth-order valence-corrected chi connectivity index (χ4v) is 3.48. The molecule has 1 aliphatic heterocycles. The maximum absolute atomic E-state index is 12.5. The number of carbonyl (C=O) groups excluding carboxylic acids is 1. The predicted octanol–water partition coefficient (Wildman–Crippen LogP) is 2.40. The molecule has 134 valence electrons. The molecule has 2 atom stereocenters. The van der Waals surface area contributed by atoms with Gasteiger partial charge in [-0.25, -0.2) is 0 Å². The molecule has 24 heavy (non-hydrogen) atoms. The third-order valence-electron chi connectivity index (χ3n) is 5.04. The summed E-state index contributed by atoms with van der Waals surface area (Å²) < 4.78 is 0.